The van der Waals surface area contributed by atoms with Gasteiger partial charge in [0, 0.05) is 0 Å². The third kappa shape index (κ3) is 10.0. The lowest BCUT2D eigenvalue weighted by atomic mass is 10.0. The highest BCUT2D eigenvalue weighted by molar-refractivity contribution is 5.14. The van der Waals surface area contributed by atoms with Crippen LogP contribution < -0.4 is 0 Å². The van der Waals surface area contributed by atoms with E-state index < -0.39 is 0 Å². The van der Waals surface area contributed by atoms with Gasteiger partial charge in [-0.05, 0) is 24.8 Å². The molecule has 0 amide bonds. The summed E-state index contributed by atoms with van der Waals surface area (Å²) in [7, 11) is 0. The van der Waals surface area contributed by atoms with E-state index in [0.29, 0.717) is 0 Å². The number of hydrogen-bond donors (Lipinski definition) is 1. The number of benzene rings is 1. The lowest BCUT2D eigenvalue weighted by Crippen LogP contribution is -1.86. The molecule has 0 saturated heterocycles. The van der Waals surface area contributed by atoms with Gasteiger partial charge in [-0.25, -0.2) is 0 Å². The summed E-state index contributed by atoms with van der Waals surface area (Å²) in [5.41, 5.74) is 1.48. The molecule has 113 valence electrons. The highest BCUT2D eigenvalue weighted by Gasteiger charge is 1.94. The number of unbranched alkanes of at least 4 members (excludes halogenated alkanes) is 10. The van der Waals surface area contributed by atoms with Gasteiger partial charge in [0.25, 0.3) is 0 Å². The van der Waals surface area contributed by atoms with E-state index in [-0.39, 0.29) is 0 Å². The van der Waals surface area contributed by atoms with Gasteiger partial charge in [-0.3, -0.25) is 0 Å². The average molecular weight is 275 g/mol. The Morgan fingerprint density at radius 1 is 0.650 bits per heavy atom. The molecular weight excluding hydrogens is 244 g/mol. The second-order valence-electron chi connectivity index (χ2n) is 5.74. The van der Waals surface area contributed by atoms with Crippen molar-refractivity contribution in [1.82, 2.24) is 0 Å². The van der Waals surface area contributed by atoms with Crippen LogP contribution in [0.3, 0.4) is 0 Å². The van der Waals surface area contributed by atoms with E-state index in [9.17, 15) is 0 Å². The van der Waals surface area contributed by atoms with Crippen molar-refractivity contribution in [2.75, 3.05) is 0 Å². The summed E-state index contributed by atoms with van der Waals surface area (Å²) in [6.07, 6.45) is 15.5. The van der Waals surface area contributed by atoms with Crippen molar-refractivity contribution in [3.05, 3.63) is 42.5 Å². The summed E-state index contributed by atoms with van der Waals surface area (Å²) in [6, 6.07) is 10.8. The van der Waals surface area contributed by atoms with Crippen molar-refractivity contribution < 1.29 is 5.11 Å². The lowest BCUT2D eigenvalue weighted by molar-refractivity contribution is 0.367. The Labute approximate surface area is 125 Å². The highest BCUT2D eigenvalue weighted by atomic mass is 16.2. The summed E-state index contributed by atoms with van der Waals surface area (Å²) in [5, 5.41) is 8.56. The summed E-state index contributed by atoms with van der Waals surface area (Å²) >= 11 is 0. The van der Waals surface area contributed by atoms with Crippen molar-refractivity contribution in [2.45, 2.75) is 77.0 Å². The fourth-order valence-corrected chi connectivity index (χ4v) is 2.62. The van der Waals surface area contributed by atoms with E-state index in [1.165, 1.54) is 76.4 Å². The molecule has 0 unspecified atom stereocenters. The predicted molar refractivity (Wildman–Crippen MR) is 87.2 cm³/mol. The van der Waals surface area contributed by atoms with Gasteiger partial charge in [0.15, 0.2) is 0 Å². The van der Waals surface area contributed by atoms with Crippen LogP contribution >= 0.6 is 0 Å². The molecule has 1 radical (unpaired) electrons. The maximum Gasteiger partial charge on any atom is 0.0799 e. The number of aliphatic hydroxyl groups excluding tert-OH is 1. The van der Waals surface area contributed by atoms with Crippen LogP contribution in [0.25, 0.3) is 0 Å². The first-order valence-corrected chi connectivity index (χ1v) is 8.43. The molecule has 0 aliphatic carbocycles. The van der Waals surface area contributed by atoms with E-state index in [1.807, 2.05) is 0 Å². The van der Waals surface area contributed by atoms with Gasteiger partial charge in [-0.1, -0.05) is 88.1 Å². The standard InChI is InChI=1S/C19H31O/c20-18-14-9-7-5-3-1-2-4-6-8-11-15-19-16-12-10-13-17-19/h10,12-13,16-18,20H,1-9,11,14-15H2. The zero-order valence-corrected chi connectivity index (χ0v) is 12.9. The number of aliphatic hydroxyl groups is 1. The molecule has 1 nitrogen and oxygen atoms in total. The Bertz CT molecular complexity index is 294. The van der Waals surface area contributed by atoms with Crippen molar-refractivity contribution in [3.63, 3.8) is 0 Å². The Balaban J connectivity index is 1.77. The molecule has 1 rings (SSSR count). The van der Waals surface area contributed by atoms with Crippen LogP contribution in [0.4, 0.5) is 0 Å². The molecular formula is C19H31O. The summed E-state index contributed by atoms with van der Waals surface area (Å²) in [4.78, 5) is 0. The third-order valence-corrected chi connectivity index (χ3v) is 3.89. The molecule has 1 aromatic carbocycles. The Kier molecular flexibility index (Phi) is 11.4. The van der Waals surface area contributed by atoms with Crippen molar-refractivity contribution in [3.8, 4) is 0 Å². The minimum Gasteiger partial charge on any atom is -0.390 e. The van der Waals surface area contributed by atoms with Crippen LogP contribution in [-0.4, -0.2) is 5.11 Å². The summed E-state index contributed by atoms with van der Waals surface area (Å²) in [6.45, 7) is 1.29. The Hall–Kier alpha value is -0.820. The van der Waals surface area contributed by atoms with Crippen molar-refractivity contribution >= 4 is 0 Å². The van der Waals surface area contributed by atoms with Crippen LogP contribution in [0.15, 0.2) is 30.3 Å². The first-order chi connectivity index (χ1) is 9.93. The van der Waals surface area contributed by atoms with Gasteiger partial charge in [-0.15, -0.1) is 0 Å². The average Bonchev–Trinajstić information content (AvgIpc) is 2.49. The third-order valence-electron chi connectivity index (χ3n) is 3.89. The van der Waals surface area contributed by atoms with Crippen LogP contribution in [0, 0.1) is 6.61 Å². The Morgan fingerprint density at radius 2 is 1.15 bits per heavy atom. The second-order valence-corrected chi connectivity index (χ2v) is 5.74. The fraction of sp³-hybridized carbons (Fsp3) is 0.632. The zero-order valence-electron chi connectivity index (χ0n) is 12.9. The molecule has 0 heterocycles. The van der Waals surface area contributed by atoms with E-state index in [0.717, 1.165) is 12.8 Å². The van der Waals surface area contributed by atoms with Crippen LogP contribution in [0.2, 0.25) is 0 Å². The van der Waals surface area contributed by atoms with Gasteiger partial charge >= 0.3 is 0 Å². The van der Waals surface area contributed by atoms with Crippen molar-refractivity contribution in [2.24, 2.45) is 0 Å². The molecule has 1 aromatic rings. The van der Waals surface area contributed by atoms with Gasteiger partial charge in [0.05, 0.1) is 6.61 Å². The van der Waals surface area contributed by atoms with E-state index >= 15 is 0 Å². The van der Waals surface area contributed by atoms with Crippen LogP contribution in [-0.2, 0) is 6.42 Å². The zero-order chi connectivity index (χ0) is 14.3. The number of rotatable bonds is 13. The molecule has 0 fully saturated rings. The molecule has 0 spiro atoms. The Morgan fingerprint density at radius 3 is 1.70 bits per heavy atom. The quantitative estimate of drug-likeness (QED) is 0.434. The van der Waals surface area contributed by atoms with E-state index in [1.54, 1.807) is 0 Å². The maximum absolute atomic E-state index is 8.56. The van der Waals surface area contributed by atoms with E-state index in [4.69, 9.17) is 5.11 Å². The first kappa shape index (κ1) is 17.2. The largest absolute Gasteiger partial charge is 0.390 e. The smallest absolute Gasteiger partial charge is 0.0799 e. The molecule has 0 bridgehead atoms. The molecule has 1 N–H and O–H groups in total. The molecule has 0 aliphatic heterocycles. The van der Waals surface area contributed by atoms with Gasteiger partial charge in [0.1, 0.15) is 0 Å². The van der Waals surface area contributed by atoms with Crippen LogP contribution in [0.1, 0.15) is 76.2 Å². The van der Waals surface area contributed by atoms with Gasteiger partial charge in [-0.2, -0.15) is 0 Å². The number of hydrogen-bond acceptors (Lipinski definition) is 1. The number of aryl methyl sites for hydroxylation is 1. The maximum atomic E-state index is 8.56. The predicted octanol–water partition coefficient (Wildman–Crippen LogP) is 6.05. The second kappa shape index (κ2) is 13.2. The highest BCUT2D eigenvalue weighted by Crippen LogP contribution is 2.12. The summed E-state index contributed by atoms with van der Waals surface area (Å²) < 4.78 is 0. The van der Waals surface area contributed by atoms with Crippen LogP contribution in [0.5, 0.6) is 0 Å². The summed E-state index contributed by atoms with van der Waals surface area (Å²) in [5.74, 6) is 0. The normalized spacial score (nSPS) is 10.8. The van der Waals surface area contributed by atoms with Crippen molar-refractivity contribution in [1.29, 1.82) is 0 Å². The SMILES string of the molecule is O[CH]CCCCCCCCCCCCc1ccccc1. The molecule has 1 heteroatoms. The minimum atomic E-state index is 0.863. The molecule has 0 saturated carbocycles. The minimum absolute atomic E-state index is 0.863. The monoisotopic (exact) mass is 275 g/mol. The van der Waals surface area contributed by atoms with E-state index in [2.05, 4.69) is 30.3 Å². The molecule has 20 heavy (non-hydrogen) atoms. The topological polar surface area (TPSA) is 20.2 Å². The first-order valence-electron chi connectivity index (χ1n) is 8.43. The molecule has 0 atom stereocenters. The van der Waals surface area contributed by atoms with Gasteiger partial charge < -0.3 is 5.11 Å². The lowest BCUT2D eigenvalue weighted by Gasteiger charge is -2.03. The van der Waals surface area contributed by atoms with Gasteiger partial charge in [0.2, 0.25) is 0 Å². The molecule has 0 aliphatic rings. The molecule has 0 aromatic heterocycles. The fourth-order valence-electron chi connectivity index (χ4n) is 2.62.